The van der Waals surface area contributed by atoms with Crippen molar-refractivity contribution in [1.29, 1.82) is 0 Å². The minimum absolute atomic E-state index is 0.435. The zero-order chi connectivity index (χ0) is 10.6. The Morgan fingerprint density at radius 2 is 2.00 bits per heavy atom. The normalized spacial score (nSPS) is 12.8. The van der Waals surface area contributed by atoms with E-state index in [9.17, 15) is 4.21 Å². The van der Waals surface area contributed by atoms with Gasteiger partial charge < -0.3 is 5.73 Å². The molecular weight excluding hydrogens is 241 g/mol. The highest BCUT2D eigenvalue weighted by molar-refractivity contribution is 7.85. The van der Waals surface area contributed by atoms with Gasteiger partial charge in [-0.05, 0) is 31.2 Å². The number of benzene rings is 1. The maximum Gasteiger partial charge on any atom is 0.0604 e. The SMILES string of the molecule is NCCCS(=O)c1ccc(Cl)c(Cl)c1. The lowest BCUT2D eigenvalue weighted by atomic mass is 10.4. The third kappa shape index (κ3) is 3.24. The maximum atomic E-state index is 11.6. The van der Waals surface area contributed by atoms with Gasteiger partial charge in [-0.3, -0.25) is 4.21 Å². The molecule has 78 valence electrons. The molecular formula is C9H11Cl2NOS. The first-order valence-corrected chi connectivity index (χ1v) is 6.26. The number of halogens is 2. The second-order valence-corrected chi connectivity index (χ2v) is 5.15. The van der Waals surface area contributed by atoms with Crippen LogP contribution in [0.3, 0.4) is 0 Å². The zero-order valence-electron chi connectivity index (χ0n) is 7.50. The van der Waals surface area contributed by atoms with E-state index in [2.05, 4.69) is 0 Å². The minimum Gasteiger partial charge on any atom is -0.330 e. The lowest BCUT2D eigenvalue weighted by molar-refractivity contribution is 0.680. The Labute approximate surface area is 95.8 Å². The quantitative estimate of drug-likeness (QED) is 0.894. The van der Waals surface area contributed by atoms with Crippen molar-refractivity contribution in [3.63, 3.8) is 0 Å². The van der Waals surface area contributed by atoms with Gasteiger partial charge in [-0.25, -0.2) is 0 Å². The molecule has 2 N–H and O–H groups in total. The minimum atomic E-state index is -1.02. The van der Waals surface area contributed by atoms with E-state index in [1.807, 2.05) is 0 Å². The Kier molecular flexibility index (Phi) is 4.89. The van der Waals surface area contributed by atoms with Gasteiger partial charge in [0.15, 0.2) is 0 Å². The molecule has 0 heterocycles. The highest BCUT2D eigenvalue weighted by Crippen LogP contribution is 2.24. The van der Waals surface area contributed by atoms with Gasteiger partial charge in [0.05, 0.1) is 20.8 Å². The van der Waals surface area contributed by atoms with E-state index < -0.39 is 10.8 Å². The molecule has 1 atom stereocenters. The van der Waals surface area contributed by atoms with E-state index >= 15 is 0 Å². The van der Waals surface area contributed by atoms with Crippen LogP contribution in [-0.4, -0.2) is 16.5 Å². The van der Waals surface area contributed by atoms with Crippen LogP contribution in [0.2, 0.25) is 10.0 Å². The first-order valence-electron chi connectivity index (χ1n) is 4.18. The molecule has 0 fully saturated rings. The monoisotopic (exact) mass is 251 g/mol. The van der Waals surface area contributed by atoms with Crippen LogP contribution < -0.4 is 5.73 Å². The van der Waals surface area contributed by atoms with Crippen molar-refractivity contribution in [1.82, 2.24) is 0 Å². The molecule has 5 heteroatoms. The lowest BCUT2D eigenvalue weighted by Crippen LogP contribution is -2.06. The third-order valence-corrected chi connectivity index (χ3v) is 3.87. The molecule has 1 rings (SSSR count). The first-order chi connectivity index (χ1) is 6.65. The fourth-order valence-corrected chi connectivity index (χ4v) is 2.45. The van der Waals surface area contributed by atoms with E-state index in [1.165, 1.54) is 0 Å². The van der Waals surface area contributed by atoms with E-state index in [4.69, 9.17) is 28.9 Å². The molecule has 0 aliphatic heterocycles. The average molecular weight is 252 g/mol. The zero-order valence-corrected chi connectivity index (χ0v) is 9.83. The van der Waals surface area contributed by atoms with Gasteiger partial charge in [0, 0.05) is 10.6 Å². The Bertz CT molecular complexity index is 344. The van der Waals surface area contributed by atoms with Crippen LogP contribution >= 0.6 is 23.2 Å². The van der Waals surface area contributed by atoms with Gasteiger partial charge in [0.25, 0.3) is 0 Å². The molecule has 0 aliphatic rings. The van der Waals surface area contributed by atoms with Crippen molar-refractivity contribution in [2.45, 2.75) is 11.3 Å². The molecule has 0 spiro atoms. The van der Waals surface area contributed by atoms with Gasteiger partial charge in [0.2, 0.25) is 0 Å². The van der Waals surface area contributed by atoms with Crippen LogP contribution in [0.15, 0.2) is 23.1 Å². The maximum absolute atomic E-state index is 11.6. The van der Waals surface area contributed by atoms with Crippen molar-refractivity contribution >= 4 is 34.0 Å². The van der Waals surface area contributed by atoms with Gasteiger partial charge >= 0.3 is 0 Å². The highest BCUT2D eigenvalue weighted by atomic mass is 35.5. The molecule has 1 aromatic rings. The Morgan fingerprint density at radius 3 is 2.57 bits per heavy atom. The molecule has 0 radical (unpaired) electrons. The molecule has 14 heavy (non-hydrogen) atoms. The standard InChI is InChI=1S/C9H11Cl2NOS/c10-8-3-2-7(6-9(8)11)14(13)5-1-4-12/h2-3,6H,1,4-5,12H2. The molecule has 2 nitrogen and oxygen atoms in total. The fraction of sp³-hybridized carbons (Fsp3) is 0.333. The summed E-state index contributed by atoms with van der Waals surface area (Å²) < 4.78 is 11.6. The number of hydrogen-bond donors (Lipinski definition) is 1. The Morgan fingerprint density at radius 1 is 1.29 bits per heavy atom. The van der Waals surface area contributed by atoms with Gasteiger partial charge in [-0.15, -0.1) is 0 Å². The molecule has 0 aliphatic carbocycles. The lowest BCUT2D eigenvalue weighted by Gasteiger charge is -2.02. The van der Waals surface area contributed by atoms with Crippen molar-refractivity contribution < 1.29 is 4.21 Å². The van der Waals surface area contributed by atoms with E-state index in [0.29, 0.717) is 27.2 Å². The van der Waals surface area contributed by atoms with Crippen LogP contribution in [0.1, 0.15) is 6.42 Å². The van der Waals surface area contributed by atoms with E-state index in [0.717, 1.165) is 6.42 Å². The van der Waals surface area contributed by atoms with Gasteiger partial charge in [-0.1, -0.05) is 23.2 Å². The van der Waals surface area contributed by atoms with Crippen molar-refractivity contribution in [2.24, 2.45) is 5.73 Å². The smallest absolute Gasteiger partial charge is 0.0604 e. The average Bonchev–Trinajstić information content (AvgIpc) is 2.18. The van der Waals surface area contributed by atoms with Crippen LogP contribution in [-0.2, 0) is 10.8 Å². The summed E-state index contributed by atoms with van der Waals surface area (Å²) in [5, 5.41) is 0.913. The van der Waals surface area contributed by atoms with Crippen LogP contribution in [0.5, 0.6) is 0 Å². The molecule has 0 aromatic heterocycles. The van der Waals surface area contributed by atoms with Crippen LogP contribution in [0.4, 0.5) is 0 Å². The molecule has 0 saturated carbocycles. The van der Waals surface area contributed by atoms with Crippen LogP contribution in [0.25, 0.3) is 0 Å². The molecule has 0 saturated heterocycles. The molecule has 1 unspecified atom stereocenters. The summed E-state index contributed by atoms with van der Waals surface area (Å²) >= 11 is 11.5. The Balaban J connectivity index is 2.76. The molecule has 0 bridgehead atoms. The predicted molar refractivity (Wildman–Crippen MR) is 61.4 cm³/mol. The topological polar surface area (TPSA) is 43.1 Å². The second kappa shape index (κ2) is 5.71. The summed E-state index contributed by atoms with van der Waals surface area (Å²) in [6, 6.07) is 5.01. The largest absolute Gasteiger partial charge is 0.330 e. The fourth-order valence-electron chi connectivity index (χ4n) is 0.951. The van der Waals surface area contributed by atoms with E-state index in [1.54, 1.807) is 18.2 Å². The van der Waals surface area contributed by atoms with Crippen molar-refractivity contribution in [2.75, 3.05) is 12.3 Å². The molecule has 1 aromatic carbocycles. The summed E-state index contributed by atoms with van der Waals surface area (Å²) in [7, 11) is -1.02. The summed E-state index contributed by atoms with van der Waals surface area (Å²) in [5.74, 6) is 0.564. The van der Waals surface area contributed by atoms with Crippen molar-refractivity contribution in [3.8, 4) is 0 Å². The third-order valence-electron chi connectivity index (χ3n) is 1.69. The summed E-state index contributed by atoms with van der Waals surface area (Å²) in [6.45, 7) is 0.549. The number of rotatable bonds is 4. The summed E-state index contributed by atoms with van der Waals surface area (Å²) in [5.41, 5.74) is 5.33. The van der Waals surface area contributed by atoms with Crippen LogP contribution in [0, 0.1) is 0 Å². The van der Waals surface area contributed by atoms with E-state index in [-0.39, 0.29) is 0 Å². The predicted octanol–water partition coefficient (Wildman–Crippen LogP) is 2.45. The number of nitrogens with two attached hydrogens (primary N) is 1. The second-order valence-electron chi connectivity index (χ2n) is 2.77. The van der Waals surface area contributed by atoms with Crippen molar-refractivity contribution in [3.05, 3.63) is 28.2 Å². The first kappa shape index (κ1) is 12.0. The Hall–Kier alpha value is -0.0900. The molecule has 0 amide bonds. The summed E-state index contributed by atoms with van der Waals surface area (Å²) in [6.07, 6.45) is 0.743. The highest BCUT2D eigenvalue weighted by Gasteiger charge is 2.05. The number of hydrogen-bond acceptors (Lipinski definition) is 2. The van der Waals surface area contributed by atoms with Gasteiger partial charge in [-0.2, -0.15) is 0 Å². The summed E-state index contributed by atoms with van der Waals surface area (Å²) in [4.78, 5) is 0.702. The van der Waals surface area contributed by atoms with Gasteiger partial charge in [0.1, 0.15) is 0 Å².